The number of rotatable bonds is 5. The lowest BCUT2D eigenvalue weighted by atomic mass is 10.1. The largest absolute Gasteiger partial charge is 0.331 e. The maximum atomic E-state index is 6.04. The van der Waals surface area contributed by atoms with Crippen LogP contribution in [0.4, 0.5) is 0 Å². The van der Waals surface area contributed by atoms with Crippen molar-refractivity contribution in [2.75, 3.05) is 13.1 Å². The Labute approximate surface area is 114 Å². The zero-order valence-electron chi connectivity index (χ0n) is 11.7. The van der Waals surface area contributed by atoms with Gasteiger partial charge in [0.2, 0.25) is 0 Å². The number of nitrogens with zero attached hydrogens (tertiary/aromatic N) is 2. The lowest BCUT2D eigenvalue weighted by Crippen LogP contribution is -2.36. The molecule has 0 unspecified atom stereocenters. The summed E-state index contributed by atoms with van der Waals surface area (Å²) in [6.07, 6.45) is 3.36. The molecule has 0 aliphatic heterocycles. The summed E-state index contributed by atoms with van der Waals surface area (Å²) in [5.74, 6) is 1.06. The van der Waals surface area contributed by atoms with Crippen LogP contribution >= 0.6 is 0 Å². The Balaban J connectivity index is 1.61. The van der Waals surface area contributed by atoms with Crippen LogP contribution in [0, 0.1) is 6.92 Å². The van der Waals surface area contributed by atoms with Gasteiger partial charge in [0.15, 0.2) is 0 Å². The first kappa shape index (κ1) is 12.6. The van der Waals surface area contributed by atoms with E-state index < -0.39 is 0 Å². The van der Waals surface area contributed by atoms with Gasteiger partial charge in [0.1, 0.15) is 5.82 Å². The number of imidazole rings is 1. The zero-order chi connectivity index (χ0) is 13.5. The first-order valence-electron chi connectivity index (χ1n) is 6.99. The van der Waals surface area contributed by atoms with Gasteiger partial charge >= 0.3 is 0 Å². The molecule has 0 bridgehead atoms. The van der Waals surface area contributed by atoms with Crippen molar-refractivity contribution in [2.45, 2.75) is 31.7 Å². The van der Waals surface area contributed by atoms with Crippen molar-refractivity contribution >= 4 is 11.0 Å². The minimum atomic E-state index is 0.0993. The van der Waals surface area contributed by atoms with Crippen LogP contribution in [0.5, 0.6) is 0 Å². The van der Waals surface area contributed by atoms with E-state index in [0.29, 0.717) is 0 Å². The molecule has 1 fully saturated rings. The molecule has 0 atom stereocenters. The third-order valence-electron chi connectivity index (χ3n) is 4.13. The molecule has 1 aromatic carbocycles. The number of benzene rings is 1. The molecule has 4 nitrogen and oxygen atoms in total. The Bertz CT molecular complexity index is 595. The summed E-state index contributed by atoms with van der Waals surface area (Å²) in [4.78, 5) is 4.57. The number of hydrogen-bond acceptors (Lipinski definition) is 3. The van der Waals surface area contributed by atoms with Crippen molar-refractivity contribution in [2.24, 2.45) is 12.8 Å². The summed E-state index contributed by atoms with van der Waals surface area (Å²) >= 11 is 0. The predicted octanol–water partition coefficient (Wildman–Crippen LogP) is 1.51. The van der Waals surface area contributed by atoms with Crippen LogP contribution in [0.15, 0.2) is 18.2 Å². The van der Waals surface area contributed by atoms with Crippen molar-refractivity contribution < 1.29 is 0 Å². The molecule has 3 rings (SSSR count). The van der Waals surface area contributed by atoms with Gasteiger partial charge < -0.3 is 15.6 Å². The van der Waals surface area contributed by atoms with E-state index >= 15 is 0 Å². The smallest absolute Gasteiger partial charge is 0.106 e. The molecule has 102 valence electrons. The summed E-state index contributed by atoms with van der Waals surface area (Å²) < 4.78 is 2.13. The molecule has 2 aromatic rings. The fourth-order valence-corrected chi connectivity index (χ4v) is 2.43. The van der Waals surface area contributed by atoms with Gasteiger partial charge in [-0.25, -0.2) is 4.98 Å². The first-order valence-corrected chi connectivity index (χ1v) is 6.99. The molecule has 0 spiro atoms. The molecule has 4 heteroatoms. The Morgan fingerprint density at radius 3 is 2.95 bits per heavy atom. The quantitative estimate of drug-likeness (QED) is 0.799. The van der Waals surface area contributed by atoms with Gasteiger partial charge in [-0.2, -0.15) is 0 Å². The van der Waals surface area contributed by atoms with Gasteiger partial charge in [-0.15, -0.1) is 0 Å². The minimum absolute atomic E-state index is 0.0993. The Kier molecular flexibility index (Phi) is 3.07. The standard InChI is InChI=1S/C15H22N4/c1-11-18-13-9-12(3-4-14(13)19(11)2)5-8-17-10-15(16)6-7-15/h3-4,9,17H,5-8,10,16H2,1-2H3. The normalized spacial score (nSPS) is 17.0. The van der Waals surface area contributed by atoms with E-state index in [9.17, 15) is 0 Å². The molecule has 1 aromatic heterocycles. The molecule has 19 heavy (non-hydrogen) atoms. The zero-order valence-corrected chi connectivity index (χ0v) is 11.7. The van der Waals surface area contributed by atoms with E-state index in [1.54, 1.807) is 0 Å². The lowest BCUT2D eigenvalue weighted by molar-refractivity contribution is 0.571. The maximum Gasteiger partial charge on any atom is 0.106 e. The SMILES string of the molecule is Cc1nc2cc(CCNCC3(N)CC3)ccc2n1C. The molecule has 0 saturated heterocycles. The third kappa shape index (κ3) is 2.65. The molecule has 1 aliphatic rings. The van der Waals surface area contributed by atoms with Crippen molar-refractivity contribution in [3.8, 4) is 0 Å². The highest BCUT2D eigenvalue weighted by molar-refractivity contribution is 5.76. The van der Waals surface area contributed by atoms with E-state index in [0.717, 1.165) is 30.9 Å². The molecule has 1 heterocycles. The summed E-state index contributed by atoms with van der Waals surface area (Å²) in [6.45, 7) is 3.96. The van der Waals surface area contributed by atoms with Crippen LogP contribution in [0.2, 0.25) is 0 Å². The third-order valence-corrected chi connectivity index (χ3v) is 4.13. The van der Waals surface area contributed by atoms with Crippen LogP contribution in [0.3, 0.4) is 0 Å². The highest BCUT2D eigenvalue weighted by Gasteiger charge is 2.37. The summed E-state index contributed by atoms with van der Waals surface area (Å²) in [6, 6.07) is 6.55. The molecule has 3 N–H and O–H groups in total. The van der Waals surface area contributed by atoms with E-state index in [1.165, 1.54) is 23.9 Å². The summed E-state index contributed by atoms with van der Waals surface area (Å²) in [5.41, 5.74) is 9.77. The predicted molar refractivity (Wildman–Crippen MR) is 78.2 cm³/mol. The lowest BCUT2D eigenvalue weighted by Gasteiger charge is -2.10. The number of fused-ring (bicyclic) bond motifs is 1. The second-order valence-corrected chi connectivity index (χ2v) is 5.83. The monoisotopic (exact) mass is 258 g/mol. The van der Waals surface area contributed by atoms with Crippen LogP contribution < -0.4 is 11.1 Å². The first-order chi connectivity index (χ1) is 9.07. The van der Waals surface area contributed by atoms with E-state index in [-0.39, 0.29) is 5.54 Å². The summed E-state index contributed by atoms with van der Waals surface area (Å²) in [5, 5.41) is 3.45. The number of nitrogens with two attached hydrogens (primary N) is 1. The number of aromatic nitrogens is 2. The number of hydrogen-bond donors (Lipinski definition) is 2. The van der Waals surface area contributed by atoms with Crippen LogP contribution in [0.25, 0.3) is 11.0 Å². The molecule has 1 saturated carbocycles. The van der Waals surface area contributed by atoms with Gasteiger partial charge in [0.05, 0.1) is 11.0 Å². The van der Waals surface area contributed by atoms with Crippen molar-refractivity contribution in [1.29, 1.82) is 0 Å². The molecule has 0 amide bonds. The van der Waals surface area contributed by atoms with Gasteiger partial charge in [-0.1, -0.05) is 6.07 Å². The Morgan fingerprint density at radius 2 is 2.21 bits per heavy atom. The van der Waals surface area contributed by atoms with Gasteiger partial charge in [-0.3, -0.25) is 0 Å². The highest BCUT2D eigenvalue weighted by Crippen LogP contribution is 2.30. The van der Waals surface area contributed by atoms with E-state index in [4.69, 9.17) is 5.73 Å². The fourth-order valence-electron chi connectivity index (χ4n) is 2.43. The Morgan fingerprint density at radius 1 is 1.42 bits per heavy atom. The average Bonchev–Trinajstić information content (AvgIpc) is 3.05. The molecular weight excluding hydrogens is 236 g/mol. The molecule has 0 radical (unpaired) electrons. The van der Waals surface area contributed by atoms with Gasteiger partial charge in [0, 0.05) is 19.1 Å². The second kappa shape index (κ2) is 4.62. The van der Waals surface area contributed by atoms with Crippen molar-refractivity contribution in [3.05, 3.63) is 29.6 Å². The van der Waals surface area contributed by atoms with Gasteiger partial charge in [-0.05, 0) is 50.4 Å². The van der Waals surface area contributed by atoms with E-state index in [1.807, 2.05) is 6.92 Å². The topological polar surface area (TPSA) is 55.9 Å². The fraction of sp³-hybridized carbons (Fsp3) is 0.533. The Hall–Kier alpha value is -1.39. The summed E-state index contributed by atoms with van der Waals surface area (Å²) in [7, 11) is 2.06. The van der Waals surface area contributed by atoms with Crippen LogP contribution in [-0.4, -0.2) is 28.2 Å². The molecule has 1 aliphatic carbocycles. The number of aryl methyl sites for hydroxylation is 2. The van der Waals surface area contributed by atoms with Crippen LogP contribution in [0.1, 0.15) is 24.2 Å². The number of nitrogens with one attached hydrogen (secondary N) is 1. The van der Waals surface area contributed by atoms with Gasteiger partial charge in [0.25, 0.3) is 0 Å². The molecular formula is C15H22N4. The van der Waals surface area contributed by atoms with Crippen molar-refractivity contribution in [3.63, 3.8) is 0 Å². The van der Waals surface area contributed by atoms with E-state index in [2.05, 4.69) is 40.1 Å². The highest BCUT2D eigenvalue weighted by atomic mass is 15.0. The minimum Gasteiger partial charge on any atom is -0.331 e. The second-order valence-electron chi connectivity index (χ2n) is 5.83. The van der Waals surface area contributed by atoms with Crippen LogP contribution in [-0.2, 0) is 13.5 Å². The maximum absolute atomic E-state index is 6.04. The average molecular weight is 258 g/mol. The van der Waals surface area contributed by atoms with Crippen molar-refractivity contribution in [1.82, 2.24) is 14.9 Å².